The third-order valence-electron chi connectivity index (χ3n) is 4.94. The minimum atomic E-state index is 0.393. The second kappa shape index (κ2) is 8.50. The van der Waals surface area contributed by atoms with Gasteiger partial charge in [-0.15, -0.1) is 0 Å². The van der Waals surface area contributed by atoms with E-state index in [-0.39, 0.29) is 0 Å². The van der Waals surface area contributed by atoms with Crippen LogP contribution in [0, 0.1) is 11.8 Å². The Bertz CT molecular complexity index is 393. The predicted octanol–water partition coefficient (Wildman–Crippen LogP) is 3.45. The maximum absolute atomic E-state index is 6.40. The fourth-order valence-electron chi connectivity index (χ4n) is 3.65. The first kappa shape index (κ1) is 16.4. The molecule has 3 heteroatoms. The Kier molecular flexibility index (Phi) is 6.65. The van der Waals surface area contributed by atoms with Crippen LogP contribution in [-0.4, -0.2) is 29.0 Å². The Morgan fingerprint density at radius 3 is 2.67 bits per heavy atom. The summed E-state index contributed by atoms with van der Waals surface area (Å²) in [5.74, 6) is 1.57. The molecule has 118 valence electrons. The zero-order valence-corrected chi connectivity index (χ0v) is 13.7. The van der Waals surface area contributed by atoms with Gasteiger partial charge in [0.25, 0.3) is 0 Å². The standard InChI is InChI=1S/C18H31N3/c1-3-5-15-6-7-18(19)17(12-15)14-21(4-2)13-16-8-10-20-11-9-16/h8-11,15,17-18H,3-7,12-14,19H2,1-2H3. The minimum absolute atomic E-state index is 0.393. The molecule has 1 aliphatic carbocycles. The number of rotatable bonds is 7. The van der Waals surface area contributed by atoms with Crippen molar-refractivity contribution in [3.63, 3.8) is 0 Å². The summed E-state index contributed by atoms with van der Waals surface area (Å²) in [6.07, 6.45) is 10.3. The Balaban J connectivity index is 1.90. The summed E-state index contributed by atoms with van der Waals surface area (Å²) in [5.41, 5.74) is 7.75. The second-order valence-electron chi connectivity index (χ2n) is 6.57. The molecule has 1 fully saturated rings. The van der Waals surface area contributed by atoms with Gasteiger partial charge in [0.05, 0.1) is 0 Å². The van der Waals surface area contributed by atoms with Crippen LogP contribution in [0.3, 0.4) is 0 Å². The van der Waals surface area contributed by atoms with Crippen LogP contribution in [0.4, 0.5) is 0 Å². The first-order chi connectivity index (χ1) is 10.2. The molecule has 1 aromatic rings. The molecule has 0 aliphatic heterocycles. The van der Waals surface area contributed by atoms with Crippen molar-refractivity contribution < 1.29 is 0 Å². The van der Waals surface area contributed by atoms with Crippen LogP contribution in [-0.2, 0) is 6.54 Å². The van der Waals surface area contributed by atoms with Gasteiger partial charge in [-0.25, -0.2) is 0 Å². The van der Waals surface area contributed by atoms with Crippen molar-refractivity contribution in [2.75, 3.05) is 13.1 Å². The highest BCUT2D eigenvalue weighted by molar-refractivity contribution is 5.09. The summed E-state index contributed by atoms with van der Waals surface area (Å²) in [5, 5.41) is 0. The third-order valence-corrected chi connectivity index (χ3v) is 4.94. The van der Waals surface area contributed by atoms with Gasteiger partial charge in [-0.1, -0.05) is 26.7 Å². The highest BCUT2D eigenvalue weighted by atomic mass is 15.1. The number of nitrogens with zero attached hydrogens (tertiary/aromatic N) is 2. The van der Waals surface area contributed by atoms with Crippen LogP contribution in [0.25, 0.3) is 0 Å². The molecular weight excluding hydrogens is 258 g/mol. The normalized spacial score (nSPS) is 26.2. The Labute approximate surface area is 129 Å². The summed E-state index contributed by atoms with van der Waals surface area (Å²) in [4.78, 5) is 6.63. The van der Waals surface area contributed by atoms with E-state index in [4.69, 9.17) is 5.73 Å². The highest BCUT2D eigenvalue weighted by Gasteiger charge is 2.28. The first-order valence-electron chi connectivity index (χ1n) is 8.59. The summed E-state index contributed by atoms with van der Waals surface area (Å²) in [6.45, 7) is 7.79. The van der Waals surface area contributed by atoms with Crippen LogP contribution in [0.5, 0.6) is 0 Å². The van der Waals surface area contributed by atoms with E-state index >= 15 is 0 Å². The average Bonchev–Trinajstić information content (AvgIpc) is 2.51. The zero-order valence-electron chi connectivity index (χ0n) is 13.7. The van der Waals surface area contributed by atoms with Gasteiger partial charge >= 0.3 is 0 Å². The molecule has 2 N–H and O–H groups in total. The molecule has 1 saturated carbocycles. The molecule has 3 atom stereocenters. The van der Waals surface area contributed by atoms with E-state index in [2.05, 4.69) is 35.9 Å². The van der Waals surface area contributed by atoms with Gasteiger partial charge in [0.15, 0.2) is 0 Å². The third kappa shape index (κ3) is 5.08. The van der Waals surface area contributed by atoms with E-state index in [0.717, 1.165) is 25.6 Å². The topological polar surface area (TPSA) is 42.1 Å². The van der Waals surface area contributed by atoms with Crippen molar-refractivity contribution in [3.8, 4) is 0 Å². The van der Waals surface area contributed by atoms with Crippen molar-refractivity contribution in [2.24, 2.45) is 17.6 Å². The van der Waals surface area contributed by atoms with Crippen LogP contribution in [0.15, 0.2) is 24.5 Å². The zero-order chi connectivity index (χ0) is 15.1. The number of hydrogen-bond donors (Lipinski definition) is 1. The maximum Gasteiger partial charge on any atom is 0.0271 e. The summed E-state index contributed by atoms with van der Waals surface area (Å²) >= 11 is 0. The molecule has 2 rings (SSSR count). The van der Waals surface area contributed by atoms with Gasteiger partial charge in [0.1, 0.15) is 0 Å². The van der Waals surface area contributed by atoms with Gasteiger partial charge in [-0.3, -0.25) is 9.88 Å². The monoisotopic (exact) mass is 289 g/mol. The maximum atomic E-state index is 6.40. The van der Waals surface area contributed by atoms with Crippen molar-refractivity contribution in [1.82, 2.24) is 9.88 Å². The SMILES string of the molecule is CCCC1CCC(N)C(CN(CC)Cc2ccncc2)C1. The van der Waals surface area contributed by atoms with E-state index in [0.29, 0.717) is 12.0 Å². The van der Waals surface area contributed by atoms with Crippen molar-refractivity contribution in [1.29, 1.82) is 0 Å². The molecule has 0 saturated heterocycles. The summed E-state index contributed by atoms with van der Waals surface area (Å²) in [7, 11) is 0. The number of pyridine rings is 1. The highest BCUT2D eigenvalue weighted by Crippen LogP contribution is 2.32. The predicted molar refractivity (Wildman–Crippen MR) is 88.9 cm³/mol. The largest absolute Gasteiger partial charge is 0.327 e. The van der Waals surface area contributed by atoms with Crippen molar-refractivity contribution in [3.05, 3.63) is 30.1 Å². The molecule has 1 aliphatic rings. The first-order valence-corrected chi connectivity index (χ1v) is 8.59. The summed E-state index contributed by atoms with van der Waals surface area (Å²) < 4.78 is 0. The summed E-state index contributed by atoms with van der Waals surface area (Å²) in [6, 6.07) is 4.62. The van der Waals surface area contributed by atoms with Crippen LogP contribution < -0.4 is 5.73 Å². The number of nitrogens with two attached hydrogens (primary N) is 1. The molecule has 1 aromatic heterocycles. The van der Waals surface area contributed by atoms with Crippen molar-refractivity contribution in [2.45, 2.75) is 58.5 Å². The van der Waals surface area contributed by atoms with Crippen LogP contribution >= 0.6 is 0 Å². The van der Waals surface area contributed by atoms with E-state index < -0.39 is 0 Å². The number of hydrogen-bond acceptors (Lipinski definition) is 3. The second-order valence-corrected chi connectivity index (χ2v) is 6.57. The lowest BCUT2D eigenvalue weighted by atomic mass is 9.76. The fraction of sp³-hybridized carbons (Fsp3) is 0.722. The lowest BCUT2D eigenvalue weighted by molar-refractivity contribution is 0.151. The molecule has 3 unspecified atom stereocenters. The Morgan fingerprint density at radius 2 is 2.00 bits per heavy atom. The quantitative estimate of drug-likeness (QED) is 0.836. The van der Waals surface area contributed by atoms with Gasteiger partial charge in [0.2, 0.25) is 0 Å². The Morgan fingerprint density at radius 1 is 1.24 bits per heavy atom. The molecule has 3 nitrogen and oxygen atoms in total. The molecule has 0 aromatic carbocycles. The smallest absolute Gasteiger partial charge is 0.0271 e. The number of aromatic nitrogens is 1. The van der Waals surface area contributed by atoms with Gasteiger partial charge in [0, 0.05) is 31.5 Å². The van der Waals surface area contributed by atoms with Gasteiger partial charge in [-0.2, -0.15) is 0 Å². The van der Waals surface area contributed by atoms with E-state index in [1.165, 1.54) is 37.7 Å². The molecule has 0 spiro atoms. The van der Waals surface area contributed by atoms with Crippen LogP contribution in [0.2, 0.25) is 0 Å². The van der Waals surface area contributed by atoms with Gasteiger partial charge < -0.3 is 5.73 Å². The van der Waals surface area contributed by atoms with E-state index in [9.17, 15) is 0 Å². The lowest BCUT2D eigenvalue weighted by Gasteiger charge is -2.37. The molecule has 21 heavy (non-hydrogen) atoms. The molecule has 0 bridgehead atoms. The Hall–Kier alpha value is -0.930. The molecule has 0 radical (unpaired) electrons. The van der Waals surface area contributed by atoms with E-state index in [1.807, 2.05) is 12.4 Å². The average molecular weight is 289 g/mol. The molecule has 1 heterocycles. The lowest BCUT2D eigenvalue weighted by Crippen LogP contribution is -2.43. The molecule has 0 amide bonds. The van der Waals surface area contributed by atoms with Crippen molar-refractivity contribution >= 4 is 0 Å². The van der Waals surface area contributed by atoms with Crippen LogP contribution in [0.1, 0.15) is 51.5 Å². The fourth-order valence-corrected chi connectivity index (χ4v) is 3.65. The minimum Gasteiger partial charge on any atom is -0.327 e. The molecular formula is C18H31N3. The van der Waals surface area contributed by atoms with E-state index in [1.54, 1.807) is 0 Å². The van der Waals surface area contributed by atoms with Gasteiger partial charge in [-0.05, 0) is 55.3 Å².